The Morgan fingerprint density at radius 3 is 3.05 bits per heavy atom. The van der Waals surface area contributed by atoms with Gasteiger partial charge in [0.2, 0.25) is 0 Å². The molecule has 0 aliphatic heterocycles. The molecule has 1 amide bonds. The number of carbonyl (C=O) groups excluding carboxylic acids is 1. The van der Waals surface area contributed by atoms with E-state index in [1.54, 1.807) is 29.8 Å². The Hall–Kier alpha value is -2.38. The summed E-state index contributed by atoms with van der Waals surface area (Å²) in [6, 6.07) is 4.90. The molecule has 0 spiro atoms. The number of fused-ring (bicyclic) bond motifs is 1. The molecule has 22 heavy (non-hydrogen) atoms. The van der Waals surface area contributed by atoms with Gasteiger partial charge in [0.05, 0.1) is 17.5 Å². The van der Waals surface area contributed by atoms with Gasteiger partial charge in [-0.3, -0.25) is 5.32 Å². The number of aromatic nitrogens is 2. The van der Waals surface area contributed by atoms with E-state index in [1.807, 2.05) is 0 Å². The summed E-state index contributed by atoms with van der Waals surface area (Å²) in [6.07, 6.45) is 2.41. The number of nitrogens with one attached hydrogen (secondary N) is 1. The molecule has 2 heterocycles. The van der Waals surface area contributed by atoms with Gasteiger partial charge in [0, 0.05) is 16.6 Å². The highest BCUT2D eigenvalue weighted by Crippen LogP contribution is 2.31. The smallest absolute Gasteiger partial charge is 0.417 e. The van der Waals surface area contributed by atoms with Crippen molar-refractivity contribution in [2.45, 2.75) is 0 Å². The van der Waals surface area contributed by atoms with Crippen LogP contribution < -0.4 is 14.8 Å². The topological polar surface area (TPSA) is 73.3 Å². The van der Waals surface area contributed by atoms with Crippen LogP contribution in [0.2, 0.25) is 5.02 Å². The van der Waals surface area contributed by atoms with Crippen molar-refractivity contribution in [2.75, 3.05) is 12.4 Å². The Balaban J connectivity index is 1.79. The fourth-order valence-corrected chi connectivity index (χ4v) is 2.80. The summed E-state index contributed by atoms with van der Waals surface area (Å²) in [7, 11) is 1.50. The van der Waals surface area contributed by atoms with E-state index in [4.69, 9.17) is 21.1 Å². The van der Waals surface area contributed by atoms with Crippen molar-refractivity contribution < 1.29 is 14.3 Å². The third-order valence-electron chi connectivity index (χ3n) is 2.81. The van der Waals surface area contributed by atoms with Gasteiger partial charge in [0.1, 0.15) is 17.6 Å². The number of carbonyl (C=O) groups is 1. The van der Waals surface area contributed by atoms with Crippen molar-refractivity contribution in [1.82, 2.24) is 9.97 Å². The molecule has 2 aromatic heterocycles. The minimum Gasteiger partial charge on any atom is -0.495 e. The average Bonchev–Trinajstić information content (AvgIpc) is 2.91. The molecule has 8 heteroatoms. The molecule has 3 rings (SSSR count). The Morgan fingerprint density at radius 2 is 2.23 bits per heavy atom. The lowest BCUT2D eigenvalue weighted by atomic mass is 10.3. The van der Waals surface area contributed by atoms with Gasteiger partial charge in [-0.15, -0.1) is 11.3 Å². The van der Waals surface area contributed by atoms with Crippen molar-refractivity contribution in [3.8, 4) is 11.5 Å². The second-order valence-electron chi connectivity index (χ2n) is 4.19. The molecule has 1 aromatic carbocycles. The molecule has 112 valence electrons. The number of rotatable bonds is 3. The molecule has 0 atom stereocenters. The summed E-state index contributed by atoms with van der Waals surface area (Å²) in [4.78, 5) is 20.0. The van der Waals surface area contributed by atoms with Crippen molar-refractivity contribution in [3.05, 3.63) is 41.1 Å². The van der Waals surface area contributed by atoms with Crippen molar-refractivity contribution >= 4 is 44.9 Å². The fourth-order valence-electron chi connectivity index (χ4n) is 1.85. The van der Waals surface area contributed by atoms with Crippen molar-refractivity contribution in [2.24, 2.45) is 0 Å². The van der Waals surface area contributed by atoms with Gasteiger partial charge < -0.3 is 9.47 Å². The Bertz CT molecular complexity index is 837. The zero-order chi connectivity index (χ0) is 15.5. The van der Waals surface area contributed by atoms with Crippen LogP contribution in [0, 0.1) is 0 Å². The maximum atomic E-state index is 12.0. The number of nitrogens with zero attached hydrogens (tertiary/aromatic N) is 2. The Morgan fingerprint density at radius 1 is 1.36 bits per heavy atom. The molecule has 0 saturated heterocycles. The highest BCUT2D eigenvalue weighted by molar-refractivity contribution is 7.17. The molecule has 6 nitrogen and oxygen atoms in total. The molecular weight excluding hydrogens is 326 g/mol. The number of halogens is 1. The van der Waals surface area contributed by atoms with E-state index in [-0.39, 0.29) is 0 Å². The van der Waals surface area contributed by atoms with Crippen LogP contribution in [0.1, 0.15) is 0 Å². The summed E-state index contributed by atoms with van der Waals surface area (Å²) in [5.41, 5.74) is 1.02. The monoisotopic (exact) mass is 335 g/mol. The van der Waals surface area contributed by atoms with Crippen LogP contribution in [0.4, 0.5) is 10.5 Å². The highest BCUT2D eigenvalue weighted by atomic mass is 35.5. The molecular formula is C14H10ClN3O3S. The first kappa shape index (κ1) is 14.6. The number of thiophene rings is 1. The number of ether oxygens (including phenoxy) is 2. The first-order valence-electron chi connectivity index (χ1n) is 6.17. The van der Waals surface area contributed by atoms with E-state index in [0.717, 1.165) is 4.70 Å². The zero-order valence-electron chi connectivity index (χ0n) is 11.4. The van der Waals surface area contributed by atoms with E-state index >= 15 is 0 Å². The largest absolute Gasteiger partial charge is 0.495 e. The third kappa shape index (κ3) is 2.95. The molecule has 3 aromatic rings. The molecule has 1 N–H and O–H groups in total. The maximum Gasteiger partial charge on any atom is 0.417 e. The van der Waals surface area contributed by atoms with Crippen molar-refractivity contribution in [3.63, 3.8) is 0 Å². The number of methoxy groups -OCH3 is 1. The van der Waals surface area contributed by atoms with Crippen LogP contribution in [-0.4, -0.2) is 23.2 Å². The standard InChI is InChI=1S/C14H10ClN3O3S/c1-20-10-3-2-8(15)4-9(10)18-14(19)21-11-6-22-12-5-16-7-17-13(11)12/h2-7H,1H3,(H,18,19). The quantitative estimate of drug-likeness (QED) is 0.784. The predicted octanol–water partition coefficient (Wildman–Crippen LogP) is 3.96. The Kier molecular flexibility index (Phi) is 4.08. The summed E-state index contributed by atoms with van der Waals surface area (Å²) in [5, 5.41) is 4.78. The van der Waals surface area contributed by atoms with Gasteiger partial charge in [-0.1, -0.05) is 11.6 Å². The lowest BCUT2D eigenvalue weighted by Crippen LogP contribution is -2.17. The van der Waals surface area contributed by atoms with Gasteiger partial charge in [-0.05, 0) is 18.2 Å². The summed E-state index contributed by atoms with van der Waals surface area (Å²) >= 11 is 7.31. The van der Waals surface area contributed by atoms with Gasteiger partial charge in [-0.25, -0.2) is 14.8 Å². The van der Waals surface area contributed by atoms with E-state index in [2.05, 4.69) is 15.3 Å². The minimum absolute atomic E-state index is 0.376. The number of amides is 1. The van der Waals surface area contributed by atoms with Gasteiger partial charge in [0.15, 0.2) is 5.75 Å². The number of anilines is 1. The molecule has 0 unspecified atom stereocenters. The SMILES string of the molecule is COc1ccc(Cl)cc1NC(=O)Oc1csc2cncnc12. The first-order chi connectivity index (χ1) is 10.7. The highest BCUT2D eigenvalue weighted by Gasteiger charge is 2.13. The lowest BCUT2D eigenvalue weighted by Gasteiger charge is -2.10. The molecule has 0 saturated carbocycles. The second-order valence-corrected chi connectivity index (χ2v) is 5.54. The van der Waals surface area contributed by atoms with Crippen molar-refractivity contribution in [1.29, 1.82) is 0 Å². The number of hydrogen-bond acceptors (Lipinski definition) is 6. The minimum atomic E-state index is -0.654. The Labute approximate surface area is 134 Å². The maximum absolute atomic E-state index is 12.0. The normalized spacial score (nSPS) is 10.5. The van der Waals surface area contributed by atoms with Crippen LogP contribution in [0.15, 0.2) is 36.1 Å². The predicted molar refractivity (Wildman–Crippen MR) is 85.1 cm³/mol. The zero-order valence-corrected chi connectivity index (χ0v) is 12.9. The van der Waals surface area contributed by atoms with Crippen LogP contribution in [0.5, 0.6) is 11.5 Å². The van der Waals surface area contributed by atoms with E-state index in [1.165, 1.54) is 24.8 Å². The van der Waals surface area contributed by atoms with Gasteiger partial charge >= 0.3 is 6.09 Å². The van der Waals surface area contributed by atoms with Gasteiger partial charge in [-0.2, -0.15) is 0 Å². The van der Waals surface area contributed by atoms with E-state index in [9.17, 15) is 4.79 Å². The number of benzene rings is 1. The van der Waals surface area contributed by atoms with Crippen LogP contribution in [0.25, 0.3) is 10.2 Å². The van der Waals surface area contributed by atoms with E-state index < -0.39 is 6.09 Å². The van der Waals surface area contributed by atoms with Crippen LogP contribution in [0.3, 0.4) is 0 Å². The van der Waals surface area contributed by atoms with Crippen LogP contribution in [-0.2, 0) is 0 Å². The van der Waals surface area contributed by atoms with Crippen LogP contribution >= 0.6 is 22.9 Å². The summed E-state index contributed by atoms with van der Waals surface area (Å²) < 4.78 is 11.3. The second kappa shape index (κ2) is 6.17. The van der Waals surface area contributed by atoms with Gasteiger partial charge in [0.25, 0.3) is 0 Å². The molecule has 0 bridgehead atoms. The van der Waals surface area contributed by atoms with E-state index in [0.29, 0.717) is 27.7 Å². The lowest BCUT2D eigenvalue weighted by molar-refractivity contribution is 0.215. The molecule has 0 fully saturated rings. The fraction of sp³-hybridized carbons (Fsp3) is 0.0714. The summed E-state index contributed by atoms with van der Waals surface area (Å²) in [5.74, 6) is 0.861. The molecule has 0 radical (unpaired) electrons. The third-order valence-corrected chi connectivity index (χ3v) is 3.93. The number of hydrogen-bond donors (Lipinski definition) is 1. The molecule has 0 aliphatic rings. The first-order valence-corrected chi connectivity index (χ1v) is 7.42. The average molecular weight is 336 g/mol. The molecule has 0 aliphatic carbocycles. The summed E-state index contributed by atoms with van der Waals surface area (Å²) in [6.45, 7) is 0.